The van der Waals surface area contributed by atoms with E-state index in [4.69, 9.17) is 5.73 Å². The minimum Gasteiger partial charge on any atom is -0.368 e. The third kappa shape index (κ3) is 2.87. The summed E-state index contributed by atoms with van der Waals surface area (Å²) in [5.74, 6) is 1.02. The normalized spacial score (nSPS) is 10.5. The fourth-order valence-electron chi connectivity index (χ4n) is 0.958. The average Bonchev–Trinajstić information content (AvgIpc) is 2.62. The molecule has 7 heteroatoms. The molecule has 5 nitrogen and oxygen atoms in total. The summed E-state index contributed by atoms with van der Waals surface area (Å²) in [5, 5.41) is 3.73. The zero-order valence-electron chi connectivity index (χ0n) is 8.04. The monoisotopic (exact) mass is 239 g/mol. The van der Waals surface area contributed by atoms with Crippen LogP contribution in [-0.2, 0) is 5.75 Å². The molecule has 2 N–H and O–H groups in total. The van der Waals surface area contributed by atoms with Crippen LogP contribution in [0, 0.1) is 6.92 Å². The van der Waals surface area contributed by atoms with Crippen LogP contribution in [-0.4, -0.2) is 19.9 Å². The van der Waals surface area contributed by atoms with Crippen LogP contribution in [0.3, 0.4) is 0 Å². The van der Waals surface area contributed by atoms with Crippen molar-refractivity contribution in [2.24, 2.45) is 0 Å². The average molecular weight is 239 g/mol. The number of nitrogens with two attached hydrogens (primary N) is 1. The Morgan fingerprint density at radius 3 is 2.93 bits per heavy atom. The molecular formula is C8H9N5S2. The summed E-state index contributed by atoms with van der Waals surface area (Å²) >= 11 is 3.15. The predicted molar refractivity (Wildman–Crippen MR) is 60.7 cm³/mol. The van der Waals surface area contributed by atoms with Crippen molar-refractivity contribution in [2.75, 3.05) is 5.73 Å². The summed E-state index contributed by atoms with van der Waals surface area (Å²) in [5.41, 5.74) is 6.49. The van der Waals surface area contributed by atoms with Gasteiger partial charge in [-0.25, -0.2) is 15.0 Å². The Morgan fingerprint density at radius 1 is 1.40 bits per heavy atom. The molecule has 2 heterocycles. The van der Waals surface area contributed by atoms with Gasteiger partial charge < -0.3 is 5.73 Å². The van der Waals surface area contributed by atoms with Gasteiger partial charge in [0.25, 0.3) is 0 Å². The highest BCUT2D eigenvalue weighted by Crippen LogP contribution is 2.21. The van der Waals surface area contributed by atoms with E-state index in [0.29, 0.717) is 5.16 Å². The molecule has 0 atom stereocenters. The van der Waals surface area contributed by atoms with E-state index < -0.39 is 0 Å². The Labute approximate surface area is 95.2 Å². The van der Waals surface area contributed by atoms with Crippen molar-refractivity contribution >= 4 is 29.0 Å². The van der Waals surface area contributed by atoms with Crippen molar-refractivity contribution in [1.82, 2.24) is 19.9 Å². The van der Waals surface area contributed by atoms with Crippen LogP contribution in [0.5, 0.6) is 0 Å². The van der Waals surface area contributed by atoms with Crippen LogP contribution in [0.1, 0.15) is 10.7 Å². The Balaban J connectivity index is 1.99. The molecule has 0 saturated heterocycles. The van der Waals surface area contributed by atoms with Gasteiger partial charge in [0.1, 0.15) is 11.3 Å². The second-order valence-corrected chi connectivity index (χ2v) is 4.68. The van der Waals surface area contributed by atoms with E-state index in [-0.39, 0.29) is 5.95 Å². The Kier molecular flexibility index (Phi) is 3.12. The number of nitrogen functional groups attached to an aromatic ring is 1. The van der Waals surface area contributed by atoms with Crippen molar-refractivity contribution in [3.63, 3.8) is 0 Å². The molecule has 0 aliphatic rings. The van der Waals surface area contributed by atoms with Gasteiger partial charge in [0.05, 0.1) is 5.75 Å². The van der Waals surface area contributed by atoms with E-state index in [0.717, 1.165) is 16.5 Å². The van der Waals surface area contributed by atoms with E-state index in [1.165, 1.54) is 18.1 Å². The summed E-state index contributed by atoms with van der Waals surface area (Å²) in [6, 6.07) is 0. The number of aryl methyl sites for hydroxylation is 1. The van der Waals surface area contributed by atoms with Gasteiger partial charge in [0, 0.05) is 11.1 Å². The summed E-state index contributed by atoms with van der Waals surface area (Å²) in [6.45, 7) is 1.98. The molecule has 0 radical (unpaired) electrons. The second-order valence-electron chi connectivity index (χ2n) is 2.80. The molecule has 0 aromatic carbocycles. The van der Waals surface area contributed by atoms with Gasteiger partial charge in [0.15, 0.2) is 5.16 Å². The third-order valence-corrected chi connectivity index (χ3v) is 3.58. The molecule has 0 amide bonds. The number of aromatic nitrogens is 4. The maximum Gasteiger partial charge on any atom is 0.223 e. The number of nitrogens with zero attached hydrogens (tertiary/aromatic N) is 4. The summed E-state index contributed by atoms with van der Waals surface area (Å²) in [7, 11) is 0. The second kappa shape index (κ2) is 4.54. The molecule has 2 aromatic heterocycles. The number of thioether (sulfide) groups is 1. The topological polar surface area (TPSA) is 77.6 Å². The van der Waals surface area contributed by atoms with Crippen molar-refractivity contribution < 1.29 is 0 Å². The van der Waals surface area contributed by atoms with Gasteiger partial charge in [-0.2, -0.15) is 4.98 Å². The SMILES string of the molecule is Cc1csc(CSc2ncnc(N)n2)n1. The van der Waals surface area contributed by atoms with Gasteiger partial charge in [-0.15, -0.1) is 11.3 Å². The van der Waals surface area contributed by atoms with E-state index in [1.54, 1.807) is 11.3 Å². The van der Waals surface area contributed by atoms with E-state index >= 15 is 0 Å². The first-order chi connectivity index (χ1) is 7.24. The molecule has 15 heavy (non-hydrogen) atoms. The standard InChI is InChI=1S/C8H9N5S2/c1-5-2-14-6(12-5)3-15-8-11-4-10-7(9)13-8/h2,4H,3H2,1H3,(H2,9,10,11,13). The molecule has 0 aliphatic heterocycles. The van der Waals surface area contributed by atoms with Gasteiger partial charge in [-0.3, -0.25) is 0 Å². The zero-order chi connectivity index (χ0) is 10.7. The number of anilines is 1. The highest BCUT2D eigenvalue weighted by molar-refractivity contribution is 7.98. The molecule has 78 valence electrons. The van der Waals surface area contributed by atoms with Crippen LogP contribution < -0.4 is 5.73 Å². The highest BCUT2D eigenvalue weighted by atomic mass is 32.2. The van der Waals surface area contributed by atoms with Crippen molar-refractivity contribution in [2.45, 2.75) is 17.8 Å². The smallest absolute Gasteiger partial charge is 0.223 e. The predicted octanol–water partition coefficient (Wildman–Crippen LogP) is 1.51. The third-order valence-electron chi connectivity index (χ3n) is 1.56. The van der Waals surface area contributed by atoms with Crippen molar-refractivity contribution in [1.29, 1.82) is 0 Å². The first kappa shape index (κ1) is 10.3. The zero-order valence-corrected chi connectivity index (χ0v) is 9.68. The molecule has 0 fully saturated rings. The minimum atomic E-state index is 0.253. The van der Waals surface area contributed by atoms with E-state index in [1.807, 2.05) is 12.3 Å². The lowest BCUT2D eigenvalue weighted by Gasteiger charge is -1.97. The van der Waals surface area contributed by atoms with Gasteiger partial charge in [-0.05, 0) is 6.92 Å². The summed E-state index contributed by atoms with van der Waals surface area (Å²) < 4.78 is 0. The molecule has 2 aromatic rings. The molecule has 0 unspecified atom stereocenters. The number of rotatable bonds is 3. The van der Waals surface area contributed by atoms with Crippen LogP contribution in [0.2, 0.25) is 0 Å². The summed E-state index contributed by atoms with van der Waals surface area (Å²) in [6.07, 6.45) is 1.41. The Bertz CT molecular complexity index is 456. The van der Waals surface area contributed by atoms with Crippen LogP contribution in [0.15, 0.2) is 16.9 Å². The van der Waals surface area contributed by atoms with Gasteiger partial charge in [0.2, 0.25) is 5.95 Å². The Hall–Kier alpha value is -1.21. The maximum atomic E-state index is 5.44. The van der Waals surface area contributed by atoms with E-state index in [9.17, 15) is 0 Å². The fraction of sp³-hybridized carbons (Fsp3) is 0.250. The van der Waals surface area contributed by atoms with Crippen LogP contribution in [0.25, 0.3) is 0 Å². The van der Waals surface area contributed by atoms with Crippen LogP contribution >= 0.6 is 23.1 Å². The van der Waals surface area contributed by atoms with Gasteiger partial charge >= 0.3 is 0 Å². The van der Waals surface area contributed by atoms with Crippen molar-refractivity contribution in [3.8, 4) is 0 Å². The Morgan fingerprint density at radius 2 is 2.27 bits per heavy atom. The fourth-order valence-corrected chi connectivity index (χ4v) is 2.56. The maximum absolute atomic E-state index is 5.44. The molecule has 0 aliphatic carbocycles. The number of thiazole rings is 1. The first-order valence-electron chi connectivity index (χ1n) is 4.22. The largest absolute Gasteiger partial charge is 0.368 e. The van der Waals surface area contributed by atoms with Gasteiger partial charge in [-0.1, -0.05) is 11.8 Å². The number of hydrogen-bond donors (Lipinski definition) is 1. The molecule has 2 rings (SSSR count). The summed E-state index contributed by atoms with van der Waals surface area (Å²) in [4.78, 5) is 16.1. The van der Waals surface area contributed by atoms with E-state index in [2.05, 4.69) is 19.9 Å². The molecular weight excluding hydrogens is 230 g/mol. The van der Waals surface area contributed by atoms with Crippen molar-refractivity contribution in [3.05, 3.63) is 22.4 Å². The highest BCUT2D eigenvalue weighted by Gasteiger charge is 2.02. The minimum absolute atomic E-state index is 0.253. The lowest BCUT2D eigenvalue weighted by atomic mass is 10.6. The molecule has 0 bridgehead atoms. The lowest BCUT2D eigenvalue weighted by molar-refractivity contribution is 0.915. The quantitative estimate of drug-likeness (QED) is 0.818. The van der Waals surface area contributed by atoms with Crippen LogP contribution in [0.4, 0.5) is 5.95 Å². The lowest BCUT2D eigenvalue weighted by Crippen LogP contribution is -1.97. The number of hydrogen-bond acceptors (Lipinski definition) is 7. The molecule has 0 spiro atoms. The molecule has 0 saturated carbocycles. The first-order valence-corrected chi connectivity index (χ1v) is 6.09.